The molecule has 158 valence electrons. The maximum atomic E-state index is 15.3. The third kappa shape index (κ3) is 3.25. The molecule has 9 heteroatoms. The number of hydrogen-bond donors (Lipinski definition) is 2. The molecule has 2 aliphatic heterocycles. The van der Waals surface area contributed by atoms with Crippen LogP contribution < -0.4 is 15.8 Å². The first-order valence-corrected chi connectivity index (χ1v) is 11.3. The Hall–Kier alpha value is -2.55. The molecule has 30 heavy (non-hydrogen) atoms. The molecule has 1 saturated carbocycles. The molecule has 7 nitrogen and oxygen atoms in total. The van der Waals surface area contributed by atoms with Gasteiger partial charge in [-0.1, -0.05) is 19.3 Å². The molecular weight excluding hydrogens is 407 g/mol. The lowest BCUT2D eigenvalue weighted by Crippen LogP contribution is -2.32. The van der Waals surface area contributed by atoms with E-state index in [1.165, 1.54) is 35.1 Å². The molecule has 0 amide bonds. The Morgan fingerprint density at radius 2 is 1.93 bits per heavy atom. The van der Waals surface area contributed by atoms with E-state index in [2.05, 4.69) is 5.43 Å². The second-order valence-corrected chi connectivity index (χ2v) is 9.11. The second kappa shape index (κ2) is 7.61. The van der Waals surface area contributed by atoms with E-state index in [0.717, 1.165) is 51.6 Å². The van der Waals surface area contributed by atoms with Crippen LogP contribution in [0, 0.1) is 5.82 Å². The van der Waals surface area contributed by atoms with Crippen molar-refractivity contribution in [2.75, 3.05) is 23.4 Å². The van der Waals surface area contributed by atoms with E-state index in [9.17, 15) is 14.7 Å². The molecular formula is C21H23FN4O3S. The van der Waals surface area contributed by atoms with Crippen LogP contribution in [0.4, 0.5) is 10.1 Å². The number of pyridine rings is 1. The van der Waals surface area contributed by atoms with Gasteiger partial charge in [0.2, 0.25) is 5.43 Å². The third-order valence-corrected chi connectivity index (χ3v) is 7.09. The highest BCUT2D eigenvalue weighted by Gasteiger charge is 2.30. The molecule has 0 radical (unpaired) electrons. The second-order valence-electron chi connectivity index (χ2n) is 8.11. The summed E-state index contributed by atoms with van der Waals surface area (Å²) in [6, 6.07) is 1.39. The number of rotatable bonds is 3. The highest BCUT2D eigenvalue weighted by atomic mass is 32.2. The van der Waals surface area contributed by atoms with Crippen molar-refractivity contribution in [3.63, 3.8) is 0 Å². The number of nitrogens with one attached hydrogen (secondary N) is 1. The van der Waals surface area contributed by atoms with Crippen molar-refractivity contribution in [2.45, 2.75) is 55.9 Å². The molecule has 1 aliphatic carbocycles. The van der Waals surface area contributed by atoms with Crippen molar-refractivity contribution in [3.8, 4) is 0 Å². The van der Waals surface area contributed by atoms with Crippen LogP contribution >= 0.6 is 11.8 Å². The molecule has 3 aliphatic rings. The monoisotopic (exact) mass is 430 g/mol. The summed E-state index contributed by atoms with van der Waals surface area (Å²) in [5, 5.41) is 10.2. The van der Waals surface area contributed by atoms with Gasteiger partial charge in [-0.25, -0.2) is 9.18 Å². The van der Waals surface area contributed by atoms with Crippen LogP contribution in [-0.4, -0.2) is 40.1 Å². The number of aromatic nitrogens is 1. The molecule has 0 bridgehead atoms. The van der Waals surface area contributed by atoms with E-state index in [4.69, 9.17) is 4.99 Å². The zero-order valence-electron chi connectivity index (χ0n) is 16.5. The highest BCUT2D eigenvalue weighted by molar-refractivity contribution is 8.14. The van der Waals surface area contributed by atoms with E-state index in [0.29, 0.717) is 21.3 Å². The van der Waals surface area contributed by atoms with Gasteiger partial charge in [0.05, 0.1) is 27.5 Å². The molecule has 1 saturated heterocycles. The van der Waals surface area contributed by atoms with Gasteiger partial charge in [0, 0.05) is 19.3 Å². The summed E-state index contributed by atoms with van der Waals surface area (Å²) >= 11 is 1.34. The predicted octanol–water partition coefficient (Wildman–Crippen LogP) is 3.78. The Kier molecular flexibility index (Phi) is 4.92. The Bertz CT molecular complexity index is 1120. The molecule has 1 aromatic carbocycles. The number of aliphatic imine (C=N–C) groups is 1. The number of benzene rings is 1. The Morgan fingerprint density at radius 3 is 2.63 bits per heavy atom. The fourth-order valence-corrected chi connectivity index (χ4v) is 5.81. The maximum Gasteiger partial charge on any atom is 0.341 e. The Labute approximate surface area is 176 Å². The lowest BCUT2D eigenvalue weighted by molar-refractivity contribution is 0.0695. The molecule has 1 aromatic heterocycles. The molecule has 2 aromatic rings. The van der Waals surface area contributed by atoms with Gasteiger partial charge in [0.25, 0.3) is 0 Å². The SMILES string of the molecule is O=C(O)c1cn2c3c(c(N4CCCC4)c(F)cc3c1=O)SC(=NC1CCCCC1)N2. The summed E-state index contributed by atoms with van der Waals surface area (Å²) in [7, 11) is 0. The molecule has 3 heterocycles. The van der Waals surface area contributed by atoms with Crippen molar-refractivity contribution in [1.29, 1.82) is 0 Å². The van der Waals surface area contributed by atoms with Crippen LogP contribution in [0.3, 0.4) is 0 Å². The first-order valence-electron chi connectivity index (χ1n) is 10.5. The van der Waals surface area contributed by atoms with Gasteiger partial charge >= 0.3 is 5.97 Å². The van der Waals surface area contributed by atoms with E-state index in [-0.39, 0.29) is 11.4 Å². The summed E-state index contributed by atoms with van der Waals surface area (Å²) in [5.74, 6) is -1.82. The number of aromatic carboxylic acids is 1. The van der Waals surface area contributed by atoms with E-state index in [1.54, 1.807) is 0 Å². The molecule has 0 unspecified atom stereocenters. The fraction of sp³-hybridized carbons (Fsp3) is 0.476. The predicted molar refractivity (Wildman–Crippen MR) is 116 cm³/mol. The van der Waals surface area contributed by atoms with Gasteiger partial charge in [0.15, 0.2) is 5.17 Å². The number of carboxylic acids is 1. The van der Waals surface area contributed by atoms with Crippen molar-refractivity contribution >= 4 is 39.5 Å². The lowest BCUT2D eigenvalue weighted by atomic mass is 9.96. The summed E-state index contributed by atoms with van der Waals surface area (Å²) in [4.78, 5) is 31.9. The summed E-state index contributed by atoms with van der Waals surface area (Å²) < 4.78 is 16.8. The first-order chi connectivity index (χ1) is 14.5. The van der Waals surface area contributed by atoms with Crippen molar-refractivity contribution in [3.05, 3.63) is 33.9 Å². The topological polar surface area (TPSA) is 86.9 Å². The average Bonchev–Trinajstić information content (AvgIpc) is 3.25. The number of carboxylic acid groups (broad SMARTS) is 1. The first kappa shape index (κ1) is 19.4. The smallest absolute Gasteiger partial charge is 0.341 e. The largest absolute Gasteiger partial charge is 0.477 e. The molecule has 2 fully saturated rings. The summed E-state index contributed by atoms with van der Waals surface area (Å²) in [6.45, 7) is 1.52. The number of carbonyl (C=O) groups is 1. The number of halogens is 1. The van der Waals surface area contributed by atoms with Crippen molar-refractivity contribution < 1.29 is 14.3 Å². The zero-order valence-corrected chi connectivity index (χ0v) is 17.3. The van der Waals surface area contributed by atoms with Crippen molar-refractivity contribution in [2.24, 2.45) is 4.99 Å². The minimum absolute atomic E-state index is 0.0714. The normalized spacial score (nSPS) is 20.7. The number of anilines is 1. The molecule has 0 atom stereocenters. The van der Waals surface area contributed by atoms with Gasteiger partial charge in [-0.15, -0.1) is 0 Å². The van der Waals surface area contributed by atoms with Gasteiger partial charge in [0.1, 0.15) is 11.4 Å². The van der Waals surface area contributed by atoms with Crippen LogP contribution in [0.25, 0.3) is 10.9 Å². The quantitative estimate of drug-likeness (QED) is 0.771. The van der Waals surface area contributed by atoms with E-state index >= 15 is 4.39 Å². The molecule has 2 N–H and O–H groups in total. The van der Waals surface area contributed by atoms with Gasteiger partial charge in [-0.05, 0) is 43.5 Å². The third-order valence-electron chi connectivity index (χ3n) is 6.11. The number of nitrogens with zero attached hydrogens (tertiary/aromatic N) is 3. The van der Waals surface area contributed by atoms with Crippen LogP contribution in [0.15, 0.2) is 26.9 Å². The van der Waals surface area contributed by atoms with Crippen molar-refractivity contribution in [1.82, 2.24) is 4.68 Å². The van der Waals surface area contributed by atoms with Crippen LogP contribution in [0.5, 0.6) is 0 Å². The number of amidine groups is 1. The maximum absolute atomic E-state index is 15.3. The molecule has 5 rings (SSSR count). The van der Waals surface area contributed by atoms with E-state index < -0.39 is 22.8 Å². The minimum atomic E-state index is -1.33. The minimum Gasteiger partial charge on any atom is -0.477 e. The van der Waals surface area contributed by atoms with Gasteiger partial charge in [-0.2, -0.15) is 0 Å². The fourth-order valence-electron chi connectivity index (χ4n) is 4.64. The summed E-state index contributed by atoms with van der Waals surface area (Å²) in [6.07, 6.45) is 8.81. The molecule has 0 spiro atoms. The van der Waals surface area contributed by atoms with Gasteiger partial charge in [-0.3, -0.25) is 19.9 Å². The number of hydrogen-bond acceptors (Lipinski definition) is 5. The average molecular weight is 431 g/mol. The highest BCUT2D eigenvalue weighted by Crippen LogP contribution is 2.42. The van der Waals surface area contributed by atoms with E-state index in [1.807, 2.05) is 4.90 Å². The lowest BCUT2D eigenvalue weighted by Gasteiger charge is -2.29. The number of thioether (sulfide) groups is 1. The van der Waals surface area contributed by atoms with Crippen LogP contribution in [-0.2, 0) is 0 Å². The van der Waals surface area contributed by atoms with Gasteiger partial charge < -0.3 is 10.0 Å². The van der Waals surface area contributed by atoms with Crippen LogP contribution in [0.1, 0.15) is 55.3 Å². The van der Waals surface area contributed by atoms with Crippen LogP contribution in [0.2, 0.25) is 0 Å². The zero-order chi connectivity index (χ0) is 20.8. The Morgan fingerprint density at radius 1 is 1.20 bits per heavy atom. The Balaban J connectivity index is 1.71. The standard InChI is InChI=1S/C21H23FN4O3S/c22-15-10-13-16-19(17(15)25-8-4-5-9-25)30-21(23-12-6-2-1-3-7-12)24-26(16)11-14(18(13)27)20(28)29/h10-12H,1-9H2,(H,23,24)(H,28,29). The summed E-state index contributed by atoms with van der Waals surface area (Å²) in [5.41, 5.74) is 3.09.